The molecule has 5 rings (SSSR count). The average Bonchev–Trinajstić information content (AvgIpc) is 3.32. The number of hydrogen-bond acceptors (Lipinski definition) is 6. The number of nitrogens with one attached hydrogen (secondary N) is 2. The number of benzene rings is 1. The Morgan fingerprint density at radius 1 is 1.21 bits per heavy atom. The molecule has 0 saturated carbocycles. The van der Waals surface area contributed by atoms with E-state index in [0.29, 0.717) is 46.4 Å². The molecule has 2 amide bonds. The average molecular weight is 466 g/mol. The largest absolute Gasteiger partial charge is 0.383 e. The molecule has 0 bridgehead atoms. The standard InChI is InChI=1S/C14H18N6O2.C9H6ClN/c1-8-3-2-4-20(7-8)14(22)13(21)18-10-6-16-12(15)9-5-17-19-11(9)10;10-8-5-7-3-1-2-4-9(7)11-6-8/h5-6,8H,2-4,7H2,1H3,(H2,15,16)(H,17,19)(H,18,21);1-6H. The molecule has 4 heterocycles. The zero-order valence-electron chi connectivity index (χ0n) is 18.1. The lowest BCUT2D eigenvalue weighted by molar-refractivity contribution is -0.144. The molecule has 4 N–H and O–H groups in total. The van der Waals surface area contributed by atoms with Gasteiger partial charge in [0.25, 0.3) is 0 Å². The molecule has 33 heavy (non-hydrogen) atoms. The lowest BCUT2D eigenvalue weighted by Gasteiger charge is -2.30. The van der Waals surface area contributed by atoms with E-state index in [9.17, 15) is 9.59 Å². The predicted molar refractivity (Wildman–Crippen MR) is 129 cm³/mol. The molecule has 170 valence electrons. The van der Waals surface area contributed by atoms with Crippen molar-refractivity contribution in [3.8, 4) is 0 Å². The lowest BCUT2D eigenvalue weighted by atomic mass is 10.0. The van der Waals surface area contributed by atoms with Crippen LogP contribution in [0.25, 0.3) is 21.8 Å². The van der Waals surface area contributed by atoms with Crippen LogP contribution in [-0.2, 0) is 9.59 Å². The highest BCUT2D eigenvalue weighted by Crippen LogP contribution is 2.24. The Bertz CT molecular complexity index is 1310. The topological polar surface area (TPSA) is 130 Å². The Morgan fingerprint density at radius 3 is 2.85 bits per heavy atom. The second-order valence-corrected chi connectivity index (χ2v) is 8.45. The number of H-pyrrole nitrogens is 1. The van der Waals surface area contributed by atoms with E-state index < -0.39 is 11.8 Å². The molecule has 1 saturated heterocycles. The van der Waals surface area contributed by atoms with Crippen LogP contribution in [0.1, 0.15) is 19.8 Å². The van der Waals surface area contributed by atoms with Crippen LogP contribution in [0.3, 0.4) is 0 Å². The molecule has 1 unspecified atom stereocenters. The Morgan fingerprint density at radius 2 is 2.03 bits per heavy atom. The third kappa shape index (κ3) is 5.20. The van der Waals surface area contributed by atoms with E-state index in [4.69, 9.17) is 17.3 Å². The van der Waals surface area contributed by atoms with E-state index in [1.807, 2.05) is 30.3 Å². The predicted octanol–water partition coefficient (Wildman–Crippen LogP) is 3.63. The molecule has 1 fully saturated rings. The number of nitrogen functional groups attached to an aromatic ring is 1. The van der Waals surface area contributed by atoms with Crippen LogP contribution in [-0.4, -0.2) is 50.0 Å². The summed E-state index contributed by atoms with van der Waals surface area (Å²) in [6, 6.07) is 9.80. The molecule has 1 aromatic carbocycles. The van der Waals surface area contributed by atoms with Crippen molar-refractivity contribution in [1.82, 2.24) is 25.1 Å². The highest BCUT2D eigenvalue weighted by atomic mass is 35.5. The zero-order chi connectivity index (χ0) is 23.4. The van der Waals surface area contributed by atoms with Gasteiger partial charge in [-0.15, -0.1) is 0 Å². The fourth-order valence-electron chi connectivity index (χ4n) is 3.79. The van der Waals surface area contributed by atoms with Crippen LogP contribution < -0.4 is 11.1 Å². The number of hydrogen-bond donors (Lipinski definition) is 3. The van der Waals surface area contributed by atoms with Gasteiger partial charge >= 0.3 is 11.8 Å². The number of amides is 2. The van der Waals surface area contributed by atoms with E-state index in [-0.39, 0.29) is 0 Å². The van der Waals surface area contributed by atoms with Crippen molar-refractivity contribution in [2.75, 3.05) is 24.1 Å². The number of nitrogens with zero attached hydrogens (tertiary/aromatic N) is 4. The van der Waals surface area contributed by atoms with Crippen LogP contribution in [0.5, 0.6) is 0 Å². The van der Waals surface area contributed by atoms with Gasteiger partial charge in [-0.05, 0) is 30.9 Å². The second-order valence-electron chi connectivity index (χ2n) is 8.01. The summed E-state index contributed by atoms with van der Waals surface area (Å²) < 4.78 is 0. The van der Waals surface area contributed by atoms with Crippen LogP contribution in [0.4, 0.5) is 11.5 Å². The number of carbonyl (C=O) groups excluding carboxylic acids is 2. The molecule has 0 radical (unpaired) electrons. The number of likely N-dealkylation sites (tertiary alicyclic amines) is 1. The highest BCUT2D eigenvalue weighted by molar-refractivity contribution is 6.40. The van der Waals surface area contributed by atoms with Crippen molar-refractivity contribution >= 4 is 56.7 Å². The zero-order valence-corrected chi connectivity index (χ0v) is 18.8. The Balaban J connectivity index is 0.000000196. The first-order chi connectivity index (χ1) is 15.9. The van der Waals surface area contributed by atoms with Crippen LogP contribution in [0.2, 0.25) is 5.02 Å². The number of carbonyl (C=O) groups is 2. The summed E-state index contributed by atoms with van der Waals surface area (Å²) in [5.74, 6) is -0.450. The number of para-hydroxylation sites is 1. The third-order valence-corrected chi connectivity index (χ3v) is 5.67. The summed E-state index contributed by atoms with van der Waals surface area (Å²) in [7, 11) is 0. The normalized spacial score (nSPS) is 15.7. The Kier molecular flexibility index (Phi) is 6.69. The first-order valence-electron chi connectivity index (χ1n) is 10.6. The molecule has 0 aliphatic carbocycles. The molecule has 10 heteroatoms. The van der Waals surface area contributed by atoms with E-state index in [2.05, 4.69) is 32.4 Å². The summed E-state index contributed by atoms with van der Waals surface area (Å²) in [4.78, 5) is 34.1. The van der Waals surface area contributed by atoms with Crippen LogP contribution in [0.15, 0.2) is 48.9 Å². The minimum atomic E-state index is -0.670. The van der Waals surface area contributed by atoms with Crippen molar-refractivity contribution in [2.45, 2.75) is 19.8 Å². The number of anilines is 2. The SMILES string of the molecule is CC1CCCN(C(=O)C(=O)Nc2cnc(N)c3cn[nH]c23)C1.Clc1cnc2ccccc2c1. The van der Waals surface area contributed by atoms with Crippen LogP contribution >= 0.6 is 11.6 Å². The number of fused-ring (bicyclic) bond motifs is 2. The van der Waals surface area contributed by atoms with Crippen molar-refractivity contribution in [1.29, 1.82) is 0 Å². The maximum atomic E-state index is 12.2. The molecule has 9 nitrogen and oxygen atoms in total. The summed E-state index contributed by atoms with van der Waals surface area (Å²) >= 11 is 5.76. The summed E-state index contributed by atoms with van der Waals surface area (Å²) in [5, 5.41) is 11.6. The molecular formula is C23H24ClN7O2. The van der Waals surface area contributed by atoms with Crippen LogP contribution in [0, 0.1) is 5.92 Å². The van der Waals surface area contributed by atoms with E-state index in [0.717, 1.165) is 23.7 Å². The maximum absolute atomic E-state index is 12.2. The van der Waals surface area contributed by atoms with Gasteiger partial charge in [0.1, 0.15) is 5.82 Å². The lowest BCUT2D eigenvalue weighted by Crippen LogP contribution is -2.44. The van der Waals surface area contributed by atoms with Gasteiger partial charge in [-0.1, -0.05) is 36.7 Å². The van der Waals surface area contributed by atoms with Gasteiger partial charge in [-0.2, -0.15) is 5.10 Å². The summed E-state index contributed by atoms with van der Waals surface area (Å²) in [5.41, 5.74) is 7.67. The quantitative estimate of drug-likeness (QED) is 0.368. The van der Waals surface area contributed by atoms with Gasteiger partial charge in [-0.3, -0.25) is 19.7 Å². The number of nitrogens with two attached hydrogens (primary N) is 1. The Hall–Kier alpha value is -3.72. The van der Waals surface area contributed by atoms with E-state index in [1.54, 1.807) is 11.1 Å². The number of halogens is 1. The molecule has 0 spiro atoms. The van der Waals surface area contributed by atoms with E-state index >= 15 is 0 Å². The van der Waals surface area contributed by atoms with Crippen molar-refractivity contribution in [3.63, 3.8) is 0 Å². The van der Waals surface area contributed by atoms with E-state index in [1.165, 1.54) is 12.4 Å². The van der Waals surface area contributed by atoms with Crippen molar-refractivity contribution in [3.05, 3.63) is 53.9 Å². The fourth-order valence-corrected chi connectivity index (χ4v) is 3.95. The minimum absolute atomic E-state index is 0.318. The number of aromatic nitrogens is 4. The third-order valence-electron chi connectivity index (χ3n) is 5.46. The summed E-state index contributed by atoms with van der Waals surface area (Å²) in [6.45, 7) is 3.32. The highest BCUT2D eigenvalue weighted by Gasteiger charge is 2.26. The second kappa shape index (κ2) is 9.83. The molecular weight excluding hydrogens is 442 g/mol. The fraction of sp³-hybridized carbons (Fsp3) is 0.261. The van der Waals surface area contributed by atoms with Gasteiger partial charge in [-0.25, -0.2) is 4.98 Å². The molecule has 1 aliphatic heterocycles. The van der Waals surface area contributed by atoms with Crippen molar-refractivity contribution < 1.29 is 9.59 Å². The van der Waals surface area contributed by atoms with Gasteiger partial charge in [0, 0.05) is 24.7 Å². The van der Waals surface area contributed by atoms with Gasteiger partial charge in [0.15, 0.2) is 0 Å². The van der Waals surface area contributed by atoms with Gasteiger partial charge < -0.3 is 16.0 Å². The maximum Gasteiger partial charge on any atom is 0.314 e. The molecule has 1 aliphatic rings. The number of rotatable bonds is 1. The summed E-state index contributed by atoms with van der Waals surface area (Å²) in [6.07, 6.45) is 6.61. The monoisotopic (exact) mass is 465 g/mol. The number of piperidine rings is 1. The van der Waals surface area contributed by atoms with Gasteiger partial charge in [0.05, 0.1) is 39.5 Å². The number of pyridine rings is 2. The first-order valence-corrected chi connectivity index (χ1v) is 11.0. The smallest absolute Gasteiger partial charge is 0.314 e. The first kappa shape index (κ1) is 22.5. The number of aromatic amines is 1. The molecule has 4 aromatic rings. The van der Waals surface area contributed by atoms with Crippen molar-refractivity contribution in [2.24, 2.45) is 5.92 Å². The molecule has 1 atom stereocenters. The molecule has 3 aromatic heterocycles. The minimum Gasteiger partial charge on any atom is -0.383 e. The Labute approximate surface area is 195 Å². The van der Waals surface area contributed by atoms with Gasteiger partial charge in [0.2, 0.25) is 0 Å².